The molecule has 3 rings (SSSR count). The molecule has 1 heterocycles. The number of tetrazole rings is 1. The molecule has 0 saturated heterocycles. The van der Waals surface area contributed by atoms with E-state index in [1.165, 1.54) is 30.6 Å². The Bertz CT molecular complexity index is 1100. The van der Waals surface area contributed by atoms with Crippen molar-refractivity contribution in [3.8, 4) is 0 Å². The number of rotatable bonds is 14. The molecule has 3 aromatic rings. The molecule has 34 heavy (non-hydrogen) atoms. The van der Waals surface area contributed by atoms with Gasteiger partial charge in [0.25, 0.3) is 5.91 Å². The van der Waals surface area contributed by atoms with E-state index in [-0.39, 0.29) is 17.4 Å². The van der Waals surface area contributed by atoms with Crippen molar-refractivity contribution < 1.29 is 4.79 Å². The van der Waals surface area contributed by atoms with E-state index in [1.807, 2.05) is 31.2 Å². The molecule has 0 bridgehead atoms. The van der Waals surface area contributed by atoms with Crippen LogP contribution >= 0.6 is 11.8 Å². The maximum atomic E-state index is 13.2. The van der Waals surface area contributed by atoms with Gasteiger partial charge < -0.3 is 10.7 Å². The lowest BCUT2D eigenvalue weighted by atomic mass is 10.1. The van der Waals surface area contributed by atoms with Gasteiger partial charge >= 0.3 is 0 Å². The number of hydrazone groups is 1. The van der Waals surface area contributed by atoms with Crippen molar-refractivity contribution in [1.29, 1.82) is 0 Å². The zero-order valence-corrected chi connectivity index (χ0v) is 21.2. The van der Waals surface area contributed by atoms with Gasteiger partial charge in [-0.2, -0.15) is 9.90 Å². The van der Waals surface area contributed by atoms with E-state index in [0.29, 0.717) is 13.1 Å². The van der Waals surface area contributed by atoms with Crippen LogP contribution in [-0.4, -0.2) is 44.1 Å². The number of aryl methyl sites for hydroxylation is 1. The first kappa shape index (κ1) is 25.7. The van der Waals surface area contributed by atoms with E-state index in [0.717, 1.165) is 35.1 Å². The van der Waals surface area contributed by atoms with Gasteiger partial charge in [0.15, 0.2) is 5.71 Å². The molecule has 0 atom stereocenters. The summed E-state index contributed by atoms with van der Waals surface area (Å²) in [5.41, 5.74) is 3.70. The third kappa shape index (κ3) is 7.28. The van der Waals surface area contributed by atoms with Crippen molar-refractivity contribution >= 4 is 39.8 Å². The molecule has 0 saturated carbocycles. The molecule has 8 nitrogen and oxygen atoms in total. The summed E-state index contributed by atoms with van der Waals surface area (Å²) in [5, 5.41) is 21.9. The number of amides is 1. The van der Waals surface area contributed by atoms with Crippen LogP contribution in [0.1, 0.15) is 65.1 Å². The Labute approximate surface area is 206 Å². The molecule has 2 N–H and O–H groups in total. The molecule has 0 fully saturated rings. The predicted octanol–water partition coefficient (Wildman–Crippen LogP) is 5.25. The first-order chi connectivity index (χ1) is 16.7. The largest absolute Gasteiger partial charge is 0.320 e. The molecule has 0 aliphatic heterocycles. The van der Waals surface area contributed by atoms with Crippen LogP contribution in [0.4, 0.5) is 5.69 Å². The summed E-state index contributed by atoms with van der Waals surface area (Å²) < 4.78 is 0. The van der Waals surface area contributed by atoms with Gasteiger partial charge in [-0.25, -0.2) is 0 Å². The lowest BCUT2D eigenvalue weighted by molar-refractivity contribution is -0.110. The zero-order valence-electron chi connectivity index (χ0n) is 20.4. The second kappa shape index (κ2) is 13.7. The molecule has 9 heteroatoms. The molecule has 0 spiro atoms. The minimum Gasteiger partial charge on any atom is -0.320 e. The summed E-state index contributed by atoms with van der Waals surface area (Å²) in [5.74, 6) is 0.851. The number of anilines is 1. The topological polar surface area (TPSA) is 97.1 Å². The van der Waals surface area contributed by atoms with E-state index in [2.05, 4.69) is 57.2 Å². The number of carbonyl (C=O) groups excluding carboxylic acids is 1. The fourth-order valence-corrected chi connectivity index (χ4v) is 4.34. The fraction of sp³-hybridized carbons (Fsp3) is 0.480. The van der Waals surface area contributed by atoms with Crippen molar-refractivity contribution in [2.45, 2.75) is 70.7 Å². The van der Waals surface area contributed by atoms with E-state index in [9.17, 15) is 4.79 Å². The van der Waals surface area contributed by atoms with E-state index >= 15 is 0 Å². The van der Waals surface area contributed by atoms with Crippen LogP contribution in [0.25, 0.3) is 10.8 Å². The number of thioether (sulfide) groups is 1. The summed E-state index contributed by atoms with van der Waals surface area (Å²) in [6.07, 6.45) is 7.12. The Kier molecular flexibility index (Phi) is 10.3. The standard InChI is InChI=1S/C25H35N7OS/c1-4-7-8-9-10-11-17-32-30-24(29-31-32)23(28-26-5-2)25(33)27-22-14-12-13-19-18-20(34-6-3)15-16-21(19)22/h12-16,18,26H,4-11,17H2,1-3H3,(H,27,33). The first-order valence-corrected chi connectivity index (χ1v) is 13.2. The van der Waals surface area contributed by atoms with Crippen molar-refractivity contribution in [1.82, 2.24) is 25.6 Å². The minimum atomic E-state index is -0.375. The number of fused-ring (bicyclic) bond motifs is 1. The highest BCUT2D eigenvalue weighted by Crippen LogP contribution is 2.28. The maximum absolute atomic E-state index is 13.2. The molecule has 0 radical (unpaired) electrons. The number of hydrogen-bond donors (Lipinski definition) is 2. The van der Waals surface area contributed by atoms with Gasteiger partial charge in [-0.3, -0.25) is 4.79 Å². The van der Waals surface area contributed by atoms with Gasteiger partial charge in [0, 0.05) is 22.5 Å². The van der Waals surface area contributed by atoms with Crippen LogP contribution in [0.5, 0.6) is 0 Å². The summed E-state index contributed by atoms with van der Waals surface area (Å²) in [7, 11) is 0. The van der Waals surface area contributed by atoms with Crippen LogP contribution in [0.15, 0.2) is 46.4 Å². The first-order valence-electron chi connectivity index (χ1n) is 12.2. The summed E-state index contributed by atoms with van der Waals surface area (Å²) in [6, 6.07) is 12.1. The highest BCUT2D eigenvalue weighted by Gasteiger charge is 2.21. The predicted molar refractivity (Wildman–Crippen MR) is 140 cm³/mol. The third-order valence-electron chi connectivity index (χ3n) is 5.35. The molecule has 0 aliphatic rings. The van der Waals surface area contributed by atoms with Crippen LogP contribution in [0, 0.1) is 0 Å². The zero-order chi connectivity index (χ0) is 24.2. The quantitative estimate of drug-likeness (QED) is 0.141. The number of carbonyl (C=O) groups is 1. The molecule has 0 unspecified atom stereocenters. The fourth-order valence-electron chi connectivity index (χ4n) is 3.64. The lowest BCUT2D eigenvalue weighted by Gasteiger charge is -2.10. The minimum absolute atomic E-state index is 0.117. The number of nitrogens with one attached hydrogen (secondary N) is 2. The average Bonchev–Trinajstić information content (AvgIpc) is 3.30. The summed E-state index contributed by atoms with van der Waals surface area (Å²) in [6.45, 7) is 7.52. The van der Waals surface area contributed by atoms with Gasteiger partial charge in [0.2, 0.25) is 5.82 Å². The second-order valence-corrected chi connectivity index (χ2v) is 9.36. The average molecular weight is 482 g/mol. The van der Waals surface area contributed by atoms with Crippen molar-refractivity contribution in [3.05, 3.63) is 42.2 Å². The van der Waals surface area contributed by atoms with E-state index in [1.54, 1.807) is 16.6 Å². The molecule has 1 aromatic heterocycles. The summed E-state index contributed by atoms with van der Waals surface area (Å²) >= 11 is 1.79. The van der Waals surface area contributed by atoms with Crippen LogP contribution < -0.4 is 10.7 Å². The highest BCUT2D eigenvalue weighted by atomic mass is 32.2. The van der Waals surface area contributed by atoms with Gasteiger partial charge in [-0.1, -0.05) is 64.2 Å². The number of nitrogens with zero attached hydrogens (tertiary/aromatic N) is 5. The second-order valence-electron chi connectivity index (χ2n) is 8.02. The Morgan fingerprint density at radius 3 is 2.68 bits per heavy atom. The lowest BCUT2D eigenvalue weighted by Crippen LogP contribution is -2.27. The Balaban J connectivity index is 1.71. The highest BCUT2D eigenvalue weighted by molar-refractivity contribution is 7.99. The SMILES string of the molecule is CCCCCCCCn1nnc(C(=NNCC)C(=O)Nc2cccc3cc(SCC)ccc23)n1. The number of benzene rings is 2. The Morgan fingerprint density at radius 1 is 1.06 bits per heavy atom. The number of aromatic nitrogens is 4. The van der Waals surface area contributed by atoms with Crippen molar-refractivity contribution in [3.63, 3.8) is 0 Å². The molecular weight excluding hydrogens is 446 g/mol. The molecule has 0 aliphatic carbocycles. The van der Waals surface area contributed by atoms with Crippen LogP contribution in [0.2, 0.25) is 0 Å². The molecular formula is C25H35N7OS. The molecule has 2 aromatic carbocycles. The Morgan fingerprint density at radius 2 is 1.88 bits per heavy atom. The third-order valence-corrected chi connectivity index (χ3v) is 6.23. The normalized spacial score (nSPS) is 11.7. The maximum Gasteiger partial charge on any atom is 0.280 e. The van der Waals surface area contributed by atoms with E-state index < -0.39 is 0 Å². The van der Waals surface area contributed by atoms with Crippen molar-refractivity contribution in [2.24, 2.45) is 5.10 Å². The van der Waals surface area contributed by atoms with Crippen LogP contribution in [-0.2, 0) is 11.3 Å². The smallest absolute Gasteiger partial charge is 0.280 e. The monoisotopic (exact) mass is 481 g/mol. The van der Waals surface area contributed by atoms with Gasteiger partial charge in [-0.05, 0) is 47.9 Å². The van der Waals surface area contributed by atoms with E-state index in [4.69, 9.17) is 0 Å². The van der Waals surface area contributed by atoms with Gasteiger partial charge in [0.05, 0.1) is 6.54 Å². The van der Waals surface area contributed by atoms with Gasteiger partial charge in [-0.15, -0.1) is 22.0 Å². The van der Waals surface area contributed by atoms with Crippen molar-refractivity contribution in [2.75, 3.05) is 17.6 Å². The number of hydrogen-bond acceptors (Lipinski definition) is 7. The summed E-state index contributed by atoms with van der Waals surface area (Å²) in [4.78, 5) is 16.0. The van der Waals surface area contributed by atoms with Gasteiger partial charge in [0.1, 0.15) is 0 Å². The Hall–Kier alpha value is -2.94. The number of unbranched alkanes of at least 4 members (excludes halogenated alkanes) is 5. The molecule has 1 amide bonds. The van der Waals surface area contributed by atoms with Crippen LogP contribution in [0.3, 0.4) is 0 Å². The molecule has 182 valence electrons.